The fourth-order valence-corrected chi connectivity index (χ4v) is 2.64. The second-order valence-electron chi connectivity index (χ2n) is 3.41. The van der Waals surface area contributed by atoms with E-state index < -0.39 is 0 Å². The van der Waals surface area contributed by atoms with Gasteiger partial charge in [0.25, 0.3) is 0 Å². The summed E-state index contributed by atoms with van der Waals surface area (Å²) in [4.78, 5) is 10.9. The standard InChI is InChI=1S/C10H14IN3O/c1-2-8-9(11)10(13-7-12-8)14-3-5-15-6-4-14/h7H,2-6H2,1H3. The van der Waals surface area contributed by atoms with E-state index >= 15 is 0 Å². The van der Waals surface area contributed by atoms with Gasteiger partial charge in [-0.05, 0) is 29.0 Å². The normalized spacial score (nSPS) is 16.8. The first-order valence-electron chi connectivity index (χ1n) is 5.15. The van der Waals surface area contributed by atoms with Gasteiger partial charge in [0, 0.05) is 13.1 Å². The lowest BCUT2D eigenvalue weighted by atomic mass is 10.3. The molecule has 1 aliphatic rings. The van der Waals surface area contributed by atoms with Crippen LogP contribution >= 0.6 is 22.6 Å². The van der Waals surface area contributed by atoms with Crippen LogP contribution in [0.5, 0.6) is 0 Å². The van der Waals surface area contributed by atoms with Gasteiger partial charge in [-0.1, -0.05) is 6.92 Å². The Morgan fingerprint density at radius 1 is 1.40 bits per heavy atom. The van der Waals surface area contributed by atoms with Crippen molar-refractivity contribution in [2.75, 3.05) is 31.2 Å². The van der Waals surface area contributed by atoms with Gasteiger partial charge in [0.15, 0.2) is 0 Å². The summed E-state index contributed by atoms with van der Waals surface area (Å²) in [7, 11) is 0. The van der Waals surface area contributed by atoms with Crippen LogP contribution in [0.25, 0.3) is 0 Å². The number of morpholine rings is 1. The van der Waals surface area contributed by atoms with Crippen molar-refractivity contribution in [3.63, 3.8) is 0 Å². The van der Waals surface area contributed by atoms with Crippen molar-refractivity contribution in [2.24, 2.45) is 0 Å². The van der Waals surface area contributed by atoms with E-state index in [4.69, 9.17) is 4.74 Å². The van der Waals surface area contributed by atoms with E-state index in [1.807, 2.05) is 0 Å². The van der Waals surface area contributed by atoms with Gasteiger partial charge in [-0.25, -0.2) is 9.97 Å². The fourth-order valence-electron chi connectivity index (χ4n) is 1.64. The van der Waals surface area contributed by atoms with Crippen LogP contribution in [0, 0.1) is 3.57 Å². The van der Waals surface area contributed by atoms with Crippen molar-refractivity contribution in [3.05, 3.63) is 15.6 Å². The summed E-state index contributed by atoms with van der Waals surface area (Å²) in [5, 5.41) is 0. The zero-order chi connectivity index (χ0) is 10.7. The second kappa shape index (κ2) is 5.07. The highest BCUT2D eigenvalue weighted by Crippen LogP contribution is 2.22. The first-order chi connectivity index (χ1) is 7.33. The van der Waals surface area contributed by atoms with E-state index in [2.05, 4.69) is 44.4 Å². The molecule has 0 aromatic carbocycles. The van der Waals surface area contributed by atoms with E-state index in [1.165, 1.54) is 3.57 Å². The Bertz CT molecular complexity index is 339. The molecule has 0 unspecified atom stereocenters. The summed E-state index contributed by atoms with van der Waals surface area (Å²) in [6, 6.07) is 0. The topological polar surface area (TPSA) is 38.2 Å². The van der Waals surface area contributed by atoms with Crippen LogP contribution in [0.4, 0.5) is 5.82 Å². The zero-order valence-electron chi connectivity index (χ0n) is 8.74. The van der Waals surface area contributed by atoms with Gasteiger partial charge in [0.1, 0.15) is 12.1 Å². The molecule has 1 aromatic heterocycles. The molecule has 2 rings (SSSR count). The van der Waals surface area contributed by atoms with Crippen molar-refractivity contribution >= 4 is 28.4 Å². The van der Waals surface area contributed by atoms with E-state index in [1.54, 1.807) is 6.33 Å². The van der Waals surface area contributed by atoms with Crippen LogP contribution in [-0.4, -0.2) is 36.3 Å². The molecule has 0 saturated carbocycles. The lowest BCUT2D eigenvalue weighted by Crippen LogP contribution is -2.37. The Morgan fingerprint density at radius 3 is 2.80 bits per heavy atom. The SMILES string of the molecule is CCc1ncnc(N2CCOCC2)c1I. The summed E-state index contributed by atoms with van der Waals surface area (Å²) in [6.07, 6.45) is 2.62. The first kappa shape index (κ1) is 11.1. The minimum Gasteiger partial charge on any atom is -0.378 e. The smallest absolute Gasteiger partial charge is 0.145 e. The van der Waals surface area contributed by atoms with Crippen LogP contribution in [0.2, 0.25) is 0 Å². The number of nitrogens with zero attached hydrogens (tertiary/aromatic N) is 3. The lowest BCUT2D eigenvalue weighted by Gasteiger charge is -2.28. The Hall–Kier alpha value is -0.430. The molecule has 1 saturated heterocycles. The molecule has 82 valence electrons. The minimum atomic E-state index is 0.793. The molecule has 0 N–H and O–H groups in total. The number of rotatable bonds is 2. The van der Waals surface area contributed by atoms with E-state index in [0.717, 1.165) is 44.2 Å². The largest absolute Gasteiger partial charge is 0.378 e. The van der Waals surface area contributed by atoms with E-state index in [9.17, 15) is 0 Å². The minimum absolute atomic E-state index is 0.793. The van der Waals surface area contributed by atoms with Crippen molar-refractivity contribution in [2.45, 2.75) is 13.3 Å². The highest BCUT2D eigenvalue weighted by Gasteiger charge is 2.16. The molecule has 15 heavy (non-hydrogen) atoms. The third-order valence-corrected chi connectivity index (χ3v) is 3.59. The van der Waals surface area contributed by atoms with Gasteiger partial charge in [0.05, 0.1) is 22.5 Å². The number of anilines is 1. The third-order valence-electron chi connectivity index (χ3n) is 2.49. The molecule has 0 spiro atoms. The van der Waals surface area contributed by atoms with Gasteiger partial charge in [-0.3, -0.25) is 0 Å². The number of hydrogen-bond donors (Lipinski definition) is 0. The van der Waals surface area contributed by atoms with Crippen LogP contribution in [-0.2, 0) is 11.2 Å². The van der Waals surface area contributed by atoms with E-state index in [-0.39, 0.29) is 0 Å². The number of hydrogen-bond acceptors (Lipinski definition) is 4. The molecule has 4 nitrogen and oxygen atoms in total. The van der Waals surface area contributed by atoms with Crippen molar-refractivity contribution in [1.29, 1.82) is 0 Å². The summed E-state index contributed by atoms with van der Waals surface area (Å²) in [6.45, 7) is 5.56. The fraction of sp³-hybridized carbons (Fsp3) is 0.600. The zero-order valence-corrected chi connectivity index (χ0v) is 10.9. The van der Waals surface area contributed by atoms with Crippen molar-refractivity contribution in [1.82, 2.24) is 9.97 Å². The van der Waals surface area contributed by atoms with Crippen LogP contribution in [0.3, 0.4) is 0 Å². The average molecular weight is 319 g/mol. The lowest BCUT2D eigenvalue weighted by molar-refractivity contribution is 0.122. The Balaban J connectivity index is 2.26. The number of aromatic nitrogens is 2. The van der Waals surface area contributed by atoms with Gasteiger partial charge < -0.3 is 9.64 Å². The van der Waals surface area contributed by atoms with Gasteiger partial charge in [-0.15, -0.1) is 0 Å². The van der Waals surface area contributed by atoms with Crippen LogP contribution < -0.4 is 4.90 Å². The molecule has 1 aromatic rings. The van der Waals surface area contributed by atoms with Gasteiger partial charge in [0.2, 0.25) is 0 Å². The second-order valence-corrected chi connectivity index (χ2v) is 4.49. The Morgan fingerprint density at radius 2 is 2.13 bits per heavy atom. The monoisotopic (exact) mass is 319 g/mol. The highest BCUT2D eigenvalue weighted by atomic mass is 127. The maximum Gasteiger partial charge on any atom is 0.145 e. The number of halogens is 1. The summed E-state index contributed by atoms with van der Waals surface area (Å²) < 4.78 is 6.51. The maximum atomic E-state index is 5.33. The first-order valence-corrected chi connectivity index (χ1v) is 6.23. The van der Waals surface area contributed by atoms with Crippen LogP contribution in [0.15, 0.2) is 6.33 Å². The van der Waals surface area contributed by atoms with E-state index in [0.29, 0.717) is 0 Å². The molecular formula is C10H14IN3O. The molecular weight excluding hydrogens is 305 g/mol. The molecule has 0 amide bonds. The molecule has 0 radical (unpaired) electrons. The Kier molecular flexibility index (Phi) is 3.74. The van der Waals surface area contributed by atoms with Crippen LogP contribution in [0.1, 0.15) is 12.6 Å². The quantitative estimate of drug-likeness (QED) is 0.774. The number of ether oxygens (including phenoxy) is 1. The molecule has 1 aliphatic heterocycles. The average Bonchev–Trinajstić information content (AvgIpc) is 2.30. The Labute approximate surface area is 103 Å². The predicted molar refractivity (Wildman–Crippen MR) is 67.2 cm³/mol. The van der Waals surface area contributed by atoms with Crippen molar-refractivity contribution in [3.8, 4) is 0 Å². The molecule has 0 aliphatic carbocycles. The summed E-state index contributed by atoms with van der Waals surface area (Å²) >= 11 is 2.34. The predicted octanol–water partition coefficient (Wildman–Crippen LogP) is 1.48. The van der Waals surface area contributed by atoms with Gasteiger partial charge >= 0.3 is 0 Å². The number of aryl methyl sites for hydroxylation is 1. The molecule has 5 heteroatoms. The summed E-state index contributed by atoms with van der Waals surface area (Å²) in [5.74, 6) is 1.06. The summed E-state index contributed by atoms with van der Waals surface area (Å²) in [5.41, 5.74) is 1.13. The molecule has 2 heterocycles. The van der Waals surface area contributed by atoms with Crippen molar-refractivity contribution < 1.29 is 4.74 Å². The third kappa shape index (κ3) is 2.39. The molecule has 0 bridgehead atoms. The highest BCUT2D eigenvalue weighted by molar-refractivity contribution is 14.1. The maximum absolute atomic E-state index is 5.33. The molecule has 0 atom stereocenters. The molecule has 1 fully saturated rings. The van der Waals surface area contributed by atoms with Gasteiger partial charge in [-0.2, -0.15) is 0 Å².